The summed E-state index contributed by atoms with van der Waals surface area (Å²) < 4.78 is 0. The van der Waals surface area contributed by atoms with Crippen molar-refractivity contribution < 1.29 is 29.1 Å². The van der Waals surface area contributed by atoms with Gasteiger partial charge in [-0.3, -0.25) is 39.5 Å². The van der Waals surface area contributed by atoms with E-state index in [0.717, 1.165) is 23.0 Å². The summed E-state index contributed by atoms with van der Waals surface area (Å²) >= 11 is 0. The van der Waals surface area contributed by atoms with Gasteiger partial charge in [-0.05, 0) is 48.2 Å². The summed E-state index contributed by atoms with van der Waals surface area (Å²) in [6, 6.07) is 10.7. The van der Waals surface area contributed by atoms with Crippen molar-refractivity contribution in [3.8, 4) is 0 Å². The van der Waals surface area contributed by atoms with E-state index in [1.165, 1.54) is 48.5 Å². The molecule has 4 rings (SSSR count). The van der Waals surface area contributed by atoms with E-state index in [1.807, 2.05) is 0 Å². The predicted octanol–water partition coefficient (Wildman–Crippen LogP) is 3.05. The molecule has 1 aliphatic carbocycles. The molecule has 1 aliphatic heterocycles. The highest BCUT2D eigenvalue weighted by atomic mass is 16.7. The lowest BCUT2D eigenvalue weighted by molar-refractivity contribution is -0.385. The summed E-state index contributed by atoms with van der Waals surface area (Å²) in [5, 5.41) is 23.8. The molecule has 0 spiro atoms. The Hall–Kier alpha value is -3.90. The lowest BCUT2D eigenvalue weighted by atomic mass is 9.88. The summed E-state index contributed by atoms with van der Waals surface area (Å²) in [6.45, 7) is -0.0478. The van der Waals surface area contributed by atoms with Gasteiger partial charge in [0.15, 0.2) is 0 Å². The summed E-state index contributed by atoms with van der Waals surface area (Å²) in [7, 11) is 0. The molecular weight excluding hydrogens is 448 g/mol. The van der Waals surface area contributed by atoms with Crippen molar-refractivity contribution in [2.45, 2.75) is 51.0 Å². The molecule has 0 unspecified atom stereocenters. The van der Waals surface area contributed by atoms with Crippen molar-refractivity contribution in [3.63, 3.8) is 0 Å². The van der Waals surface area contributed by atoms with Gasteiger partial charge in [0.2, 0.25) is 0 Å². The first-order chi connectivity index (χ1) is 16.3. The fourth-order valence-corrected chi connectivity index (χ4v) is 4.15. The molecule has 0 radical (unpaired) electrons. The number of non-ortho nitro benzene ring substituents is 2. The molecular formula is C22H22N4O8. The van der Waals surface area contributed by atoms with E-state index >= 15 is 0 Å². The summed E-state index contributed by atoms with van der Waals surface area (Å²) in [5.74, 6) is -1.71. The van der Waals surface area contributed by atoms with E-state index in [0.29, 0.717) is 24.0 Å². The summed E-state index contributed by atoms with van der Waals surface area (Å²) in [6.07, 6.45) is 2.97. The topological polar surface area (TPSA) is 145 Å². The fraction of sp³-hybridized carbons (Fsp3) is 0.364. The largest absolute Gasteiger partial charge is 0.338 e. The van der Waals surface area contributed by atoms with Crippen LogP contribution < -0.4 is 0 Å². The number of hydroxylamine groups is 4. The molecule has 1 saturated carbocycles. The third kappa shape index (κ3) is 4.87. The van der Waals surface area contributed by atoms with Gasteiger partial charge in [-0.1, -0.05) is 12.8 Å². The summed E-state index contributed by atoms with van der Waals surface area (Å²) in [5.41, 5.74) is 1.13. The molecule has 0 aromatic heterocycles. The SMILES string of the molecule is O=C1C(=O)N(OCc2ccc([N+](=O)[O-])cc2)[C@H]2CCCC[C@H]2N1OCc1ccc([N+](=O)[O-])cc1. The lowest BCUT2D eigenvalue weighted by Gasteiger charge is -2.46. The van der Waals surface area contributed by atoms with E-state index in [2.05, 4.69) is 0 Å². The molecule has 2 aromatic rings. The number of rotatable bonds is 8. The second kappa shape index (κ2) is 9.93. The maximum Gasteiger partial charge on any atom is 0.338 e. The highest BCUT2D eigenvalue weighted by Gasteiger charge is 2.49. The zero-order chi connectivity index (χ0) is 24.2. The van der Waals surface area contributed by atoms with E-state index in [4.69, 9.17) is 9.68 Å². The number of fused-ring (bicyclic) bond motifs is 1. The van der Waals surface area contributed by atoms with Gasteiger partial charge in [0.1, 0.15) is 13.2 Å². The van der Waals surface area contributed by atoms with Crippen molar-refractivity contribution >= 4 is 23.2 Å². The smallest absolute Gasteiger partial charge is 0.265 e. The number of benzene rings is 2. The maximum absolute atomic E-state index is 12.9. The van der Waals surface area contributed by atoms with Crippen LogP contribution in [0.5, 0.6) is 0 Å². The highest BCUT2D eigenvalue weighted by molar-refractivity contribution is 6.35. The van der Waals surface area contributed by atoms with Crippen molar-refractivity contribution in [3.05, 3.63) is 79.9 Å². The highest BCUT2D eigenvalue weighted by Crippen LogP contribution is 2.32. The van der Waals surface area contributed by atoms with E-state index in [-0.39, 0.29) is 24.6 Å². The van der Waals surface area contributed by atoms with Gasteiger partial charge in [-0.15, -0.1) is 0 Å². The van der Waals surface area contributed by atoms with Crippen LogP contribution in [-0.4, -0.2) is 43.9 Å². The normalized spacial score (nSPS) is 20.2. The Labute approximate surface area is 193 Å². The molecule has 178 valence electrons. The quantitative estimate of drug-likeness (QED) is 0.325. The number of nitro groups is 2. The number of amides is 2. The molecule has 0 N–H and O–H groups in total. The van der Waals surface area contributed by atoms with Gasteiger partial charge in [0.25, 0.3) is 11.4 Å². The number of hydrogen-bond acceptors (Lipinski definition) is 8. The Bertz CT molecular complexity index is 1000. The number of carbonyl (C=O) groups is 2. The zero-order valence-corrected chi connectivity index (χ0v) is 18.1. The molecule has 1 saturated heterocycles. The molecule has 2 atom stereocenters. The van der Waals surface area contributed by atoms with E-state index < -0.39 is 33.7 Å². The first-order valence-electron chi connectivity index (χ1n) is 10.7. The standard InChI is InChI=1S/C22H22N4O8/c27-21-22(28)24(34-14-16-7-11-18(12-8-16)26(31)32)20-4-2-1-3-19(20)23(21)33-13-15-5-9-17(10-6-15)25(29)30/h5-12,19-20H,1-4,13-14H2/t19-,20+. The minimum Gasteiger partial charge on any atom is -0.265 e. The average Bonchev–Trinajstić information content (AvgIpc) is 2.84. The Morgan fingerprint density at radius 1 is 0.706 bits per heavy atom. The van der Waals surface area contributed by atoms with E-state index in [1.54, 1.807) is 0 Å². The number of carbonyl (C=O) groups excluding carboxylic acids is 2. The minimum atomic E-state index is -0.853. The van der Waals surface area contributed by atoms with Gasteiger partial charge in [-0.2, -0.15) is 0 Å². The van der Waals surface area contributed by atoms with Gasteiger partial charge in [-0.25, -0.2) is 10.1 Å². The molecule has 12 nitrogen and oxygen atoms in total. The molecule has 12 heteroatoms. The maximum atomic E-state index is 12.9. The molecule has 2 fully saturated rings. The fourth-order valence-electron chi connectivity index (χ4n) is 4.15. The van der Waals surface area contributed by atoms with Crippen LogP contribution in [0.2, 0.25) is 0 Å². The minimum absolute atomic E-state index is 0.0239. The second-order valence-corrected chi connectivity index (χ2v) is 8.08. The van der Waals surface area contributed by atoms with Gasteiger partial charge >= 0.3 is 11.8 Å². The number of piperazine rings is 1. The molecule has 2 aliphatic rings. The van der Waals surface area contributed by atoms with Crippen molar-refractivity contribution in [1.82, 2.24) is 10.1 Å². The van der Waals surface area contributed by atoms with Gasteiger partial charge in [0, 0.05) is 24.3 Å². The Balaban J connectivity index is 1.43. The molecule has 34 heavy (non-hydrogen) atoms. The Kier molecular flexibility index (Phi) is 6.80. The van der Waals surface area contributed by atoms with Crippen LogP contribution in [0.3, 0.4) is 0 Å². The van der Waals surface area contributed by atoms with Crippen LogP contribution in [0.15, 0.2) is 48.5 Å². The van der Waals surface area contributed by atoms with Crippen LogP contribution in [0, 0.1) is 20.2 Å². The van der Waals surface area contributed by atoms with Crippen LogP contribution in [0.4, 0.5) is 11.4 Å². The monoisotopic (exact) mass is 470 g/mol. The number of hydrogen-bond donors (Lipinski definition) is 0. The molecule has 2 aromatic carbocycles. The van der Waals surface area contributed by atoms with Crippen LogP contribution in [0.25, 0.3) is 0 Å². The third-order valence-corrected chi connectivity index (χ3v) is 5.91. The van der Waals surface area contributed by atoms with Crippen molar-refractivity contribution in [2.75, 3.05) is 0 Å². The van der Waals surface area contributed by atoms with Crippen LogP contribution >= 0.6 is 0 Å². The van der Waals surface area contributed by atoms with Gasteiger partial charge in [0.05, 0.1) is 21.9 Å². The lowest BCUT2D eigenvalue weighted by Crippen LogP contribution is -2.65. The number of nitrogens with zero attached hydrogens (tertiary/aromatic N) is 4. The van der Waals surface area contributed by atoms with E-state index in [9.17, 15) is 29.8 Å². The van der Waals surface area contributed by atoms with Crippen molar-refractivity contribution in [1.29, 1.82) is 0 Å². The van der Waals surface area contributed by atoms with Gasteiger partial charge < -0.3 is 0 Å². The number of nitro benzene ring substituents is 2. The van der Waals surface area contributed by atoms with Crippen LogP contribution in [0.1, 0.15) is 36.8 Å². The predicted molar refractivity (Wildman–Crippen MR) is 116 cm³/mol. The molecule has 1 heterocycles. The molecule has 2 amide bonds. The zero-order valence-electron chi connectivity index (χ0n) is 18.1. The Morgan fingerprint density at radius 3 is 1.38 bits per heavy atom. The van der Waals surface area contributed by atoms with Crippen molar-refractivity contribution in [2.24, 2.45) is 0 Å². The summed E-state index contributed by atoms with van der Waals surface area (Å²) in [4.78, 5) is 57.7. The molecule has 0 bridgehead atoms. The second-order valence-electron chi connectivity index (χ2n) is 8.08. The third-order valence-electron chi connectivity index (χ3n) is 5.91. The first kappa shape index (κ1) is 23.3. The average molecular weight is 470 g/mol. The van der Waals surface area contributed by atoms with Crippen LogP contribution in [-0.2, 0) is 32.5 Å². The first-order valence-corrected chi connectivity index (χ1v) is 10.7. The Morgan fingerprint density at radius 2 is 1.06 bits per heavy atom.